The third-order valence-corrected chi connectivity index (χ3v) is 5.50. The van der Waals surface area contributed by atoms with Gasteiger partial charge in [0.25, 0.3) is 0 Å². The zero-order valence-electron chi connectivity index (χ0n) is 17.1. The van der Waals surface area contributed by atoms with Crippen molar-refractivity contribution in [2.75, 3.05) is 38.5 Å². The number of pyridine rings is 1. The number of aromatic nitrogens is 1. The van der Waals surface area contributed by atoms with Crippen LogP contribution in [-0.2, 0) is 0 Å². The van der Waals surface area contributed by atoms with Crippen molar-refractivity contribution in [2.45, 2.75) is 32.1 Å². The summed E-state index contributed by atoms with van der Waals surface area (Å²) in [5.41, 5.74) is 1.47. The molecule has 0 amide bonds. The van der Waals surface area contributed by atoms with Gasteiger partial charge in [-0.1, -0.05) is 43.3 Å². The number of nitrogens with zero attached hydrogens (tertiary/aromatic N) is 3. The van der Waals surface area contributed by atoms with Gasteiger partial charge in [0.2, 0.25) is 0 Å². The van der Waals surface area contributed by atoms with Crippen LogP contribution in [0.4, 0.5) is 5.82 Å². The van der Waals surface area contributed by atoms with E-state index in [2.05, 4.69) is 62.8 Å². The molecule has 3 rings (SSSR count). The van der Waals surface area contributed by atoms with Gasteiger partial charge in [-0.15, -0.1) is 0 Å². The number of piperidine rings is 1. The lowest BCUT2D eigenvalue weighted by Gasteiger charge is -2.39. The summed E-state index contributed by atoms with van der Waals surface area (Å²) in [7, 11) is 1.89. The second-order valence-electron chi connectivity index (χ2n) is 7.55. The zero-order valence-corrected chi connectivity index (χ0v) is 17.1. The van der Waals surface area contributed by atoms with Gasteiger partial charge in [-0.2, -0.15) is 0 Å². The molecular weight excluding hydrogens is 346 g/mol. The van der Waals surface area contributed by atoms with Gasteiger partial charge in [0.1, 0.15) is 5.82 Å². The number of aliphatic imine (C=N–C) groups is 1. The number of rotatable bonds is 7. The predicted octanol–water partition coefficient (Wildman–Crippen LogP) is 3.97. The Morgan fingerprint density at radius 1 is 1.11 bits per heavy atom. The van der Waals surface area contributed by atoms with Crippen LogP contribution in [0.25, 0.3) is 0 Å². The lowest BCUT2D eigenvalue weighted by Crippen LogP contribution is -2.48. The largest absolute Gasteiger partial charge is 0.370 e. The zero-order chi connectivity index (χ0) is 19.6. The fourth-order valence-corrected chi connectivity index (χ4v) is 4.00. The van der Waals surface area contributed by atoms with Gasteiger partial charge < -0.3 is 15.5 Å². The van der Waals surface area contributed by atoms with Crippen LogP contribution in [0.1, 0.15) is 37.7 Å². The first kappa shape index (κ1) is 20.2. The maximum atomic E-state index is 4.52. The molecule has 1 fully saturated rings. The molecule has 5 heteroatoms. The van der Waals surface area contributed by atoms with E-state index < -0.39 is 0 Å². The minimum Gasteiger partial charge on any atom is -0.370 e. The number of unbranched alkanes of at least 4 members (excludes halogenated alkanes) is 1. The van der Waals surface area contributed by atoms with Crippen LogP contribution in [0.2, 0.25) is 0 Å². The normalized spacial score (nSPS) is 20.1. The summed E-state index contributed by atoms with van der Waals surface area (Å²) in [5.74, 6) is 3.25. The van der Waals surface area contributed by atoms with E-state index in [-0.39, 0.29) is 0 Å². The van der Waals surface area contributed by atoms with Gasteiger partial charge in [0.15, 0.2) is 5.96 Å². The van der Waals surface area contributed by atoms with Crippen molar-refractivity contribution in [3.63, 3.8) is 0 Å². The first-order chi connectivity index (χ1) is 13.8. The van der Waals surface area contributed by atoms with Crippen LogP contribution in [-0.4, -0.2) is 49.1 Å². The molecule has 0 saturated carbocycles. The van der Waals surface area contributed by atoms with Crippen LogP contribution in [0.5, 0.6) is 0 Å². The minimum absolute atomic E-state index is 0.622. The third kappa shape index (κ3) is 5.72. The molecule has 2 aromatic rings. The van der Waals surface area contributed by atoms with Crippen molar-refractivity contribution in [2.24, 2.45) is 10.9 Å². The molecule has 0 spiro atoms. The fraction of sp³-hybridized carbons (Fsp3) is 0.478. The van der Waals surface area contributed by atoms with Gasteiger partial charge in [-0.05, 0) is 48.8 Å². The topological polar surface area (TPSA) is 52.6 Å². The van der Waals surface area contributed by atoms with E-state index >= 15 is 0 Å². The third-order valence-electron chi connectivity index (χ3n) is 5.50. The number of anilines is 1. The number of likely N-dealkylation sites (tertiary alicyclic amines) is 1. The lowest BCUT2D eigenvalue weighted by molar-refractivity contribution is 0.234. The SMILES string of the molecule is CN=C(NCCCCNc1ccccn1)N1CCC(c2ccccc2)C(C)C1. The number of hydrogen-bond donors (Lipinski definition) is 2. The van der Waals surface area contributed by atoms with Gasteiger partial charge in [-0.3, -0.25) is 4.99 Å². The van der Waals surface area contributed by atoms with Crippen molar-refractivity contribution in [1.29, 1.82) is 0 Å². The molecule has 1 saturated heterocycles. The maximum absolute atomic E-state index is 4.52. The van der Waals surface area contributed by atoms with E-state index in [0.717, 1.165) is 50.8 Å². The Bertz CT molecular complexity index is 716. The highest BCUT2D eigenvalue weighted by molar-refractivity contribution is 5.80. The summed E-state index contributed by atoms with van der Waals surface area (Å²) in [6.07, 6.45) is 5.21. The molecular formula is C23H33N5. The summed E-state index contributed by atoms with van der Waals surface area (Å²) < 4.78 is 0. The summed E-state index contributed by atoms with van der Waals surface area (Å²) in [6.45, 7) is 6.37. The average molecular weight is 380 g/mol. The summed E-state index contributed by atoms with van der Waals surface area (Å²) >= 11 is 0. The van der Waals surface area contributed by atoms with Crippen LogP contribution in [0.3, 0.4) is 0 Å². The van der Waals surface area contributed by atoms with Gasteiger partial charge in [-0.25, -0.2) is 4.98 Å². The van der Waals surface area contributed by atoms with E-state index in [1.807, 2.05) is 31.4 Å². The maximum Gasteiger partial charge on any atom is 0.193 e. The van der Waals surface area contributed by atoms with Crippen molar-refractivity contribution in [3.05, 3.63) is 60.3 Å². The van der Waals surface area contributed by atoms with E-state index in [4.69, 9.17) is 0 Å². The fourth-order valence-electron chi connectivity index (χ4n) is 4.00. The Hall–Kier alpha value is -2.56. The predicted molar refractivity (Wildman–Crippen MR) is 118 cm³/mol. The van der Waals surface area contributed by atoms with E-state index in [9.17, 15) is 0 Å². The highest BCUT2D eigenvalue weighted by Gasteiger charge is 2.28. The smallest absolute Gasteiger partial charge is 0.193 e. The Labute approximate surface area is 169 Å². The molecule has 2 unspecified atom stereocenters. The Morgan fingerprint density at radius 3 is 2.61 bits per heavy atom. The van der Waals surface area contributed by atoms with E-state index in [1.165, 1.54) is 12.0 Å². The van der Waals surface area contributed by atoms with Crippen molar-refractivity contribution in [1.82, 2.24) is 15.2 Å². The Kier molecular flexibility index (Phi) is 7.71. The molecule has 1 aromatic heterocycles. The summed E-state index contributed by atoms with van der Waals surface area (Å²) in [4.78, 5) is 11.2. The lowest BCUT2D eigenvalue weighted by atomic mass is 9.82. The summed E-state index contributed by atoms with van der Waals surface area (Å²) in [6, 6.07) is 16.9. The quantitative estimate of drug-likeness (QED) is 0.434. The van der Waals surface area contributed by atoms with Gasteiger partial charge in [0, 0.05) is 39.4 Å². The van der Waals surface area contributed by atoms with E-state index in [1.54, 1.807) is 0 Å². The van der Waals surface area contributed by atoms with Crippen molar-refractivity contribution >= 4 is 11.8 Å². The molecule has 150 valence electrons. The van der Waals surface area contributed by atoms with Crippen molar-refractivity contribution < 1.29 is 0 Å². The van der Waals surface area contributed by atoms with Crippen LogP contribution < -0.4 is 10.6 Å². The number of benzene rings is 1. The monoisotopic (exact) mass is 379 g/mol. The molecule has 0 bridgehead atoms. The van der Waals surface area contributed by atoms with Gasteiger partial charge >= 0.3 is 0 Å². The number of nitrogens with one attached hydrogen (secondary N) is 2. The first-order valence-electron chi connectivity index (χ1n) is 10.4. The molecule has 5 nitrogen and oxygen atoms in total. The number of guanidine groups is 1. The minimum atomic E-state index is 0.622. The van der Waals surface area contributed by atoms with Gasteiger partial charge in [0.05, 0.1) is 0 Å². The first-order valence-corrected chi connectivity index (χ1v) is 10.4. The molecule has 0 radical (unpaired) electrons. The Balaban J connectivity index is 1.37. The highest BCUT2D eigenvalue weighted by Crippen LogP contribution is 2.32. The summed E-state index contributed by atoms with van der Waals surface area (Å²) in [5, 5.41) is 6.90. The molecule has 2 atom stereocenters. The van der Waals surface area contributed by atoms with Crippen LogP contribution in [0, 0.1) is 5.92 Å². The molecule has 2 N–H and O–H groups in total. The molecule has 1 aromatic carbocycles. The molecule has 0 aliphatic carbocycles. The van der Waals surface area contributed by atoms with Crippen LogP contribution in [0.15, 0.2) is 59.7 Å². The number of hydrogen-bond acceptors (Lipinski definition) is 3. The highest BCUT2D eigenvalue weighted by atomic mass is 15.3. The van der Waals surface area contributed by atoms with Crippen LogP contribution >= 0.6 is 0 Å². The van der Waals surface area contributed by atoms with E-state index in [0.29, 0.717) is 11.8 Å². The van der Waals surface area contributed by atoms with Crippen molar-refractivity contribution in [3.8, 4) is 0 Å². The molecule has 1 aliphatic heterocycles. The second-order valence-corrected chi connectivity index (χ2v) is 7.55. The second kappa shape index (κ2) is 10.7. The Morgan fingerprint density at radius 2 is 1.89 bits per heavy atom. The molecule has 28 heavy (non-hydrogen) atoms. The molecule has 2 heterocycles. The standard InChI is InChI=1S/C23H33N5/c1-19-18-28(17-13-21(19)20-10-4-3-5-11-20)23(24-2)27-16-9-8-15-26-22-12-6-7-14-25-22/h3-7,10-12,14,19,21H,8-9,13,15-18H2,1-2H3,(H,24,27)(H,25,26). The average Bonchev–Trinajstić information content (AvgIpc) is 2.74. The molecule has 1 aliphatic rings.